The van der Waals surface area contributed by atoms with Gasteiger partial charge >= 0.3 is 5.97 Å². The summed E-state index contributed by atoms with van der Waals surface area (Å²) < 4.78 is 15.3. The number of hydrogen-bond acceptors (Lipinski definition) is 4. The lowest BCUT2D eigenvalue weighted by atomic mass is 10.1. The number of carboxylic acids is 1. The van der Waals surface area contributed by atoms with E-state index >= 15 is 0 Å². The first-order valence-corrected chi connectivity index (χ1v) is 6.48. The molecule has 0 spiro atoms. The zero-order valence-electron chi connectivity index (χ0n) is 11.3. The van der Waals surface area contributed by atoms with Gasteiger partial charge in [-0.2, -0.15) is 0 Å². The lowest BCUT2D eigenvalue weighted by Gasteiger charge is -2.06. The molecule has 0 fully saturated rings. The summed E-state index contributed by atoms with van der Waals surface area (Å²) in [5, 5.41) is 20.3. The van der Waals surface area contributed by atoms with Crippen molar-refractivity contribution in [1.82, 2.24) is 20.2 Å². The highest BCUT2D eigenvalue weighted by Gasteiger charge is 2.13. The largest absolute Gasteiger partial charge is 0.478 e. The van der Waals surface area contributed by atoms with Crippen molar-refractivity contribution in [2.24, 2.45) is 0 Å². The van der Waals surface area contributed by atoms with E-state index in [0.29, 0.717) is 17.0 Å². The van der Waals surface area contributed by atoms with E-state index in [1.807, 2.05) is 0 Å². The van der Waals surface area contributed by atoms with Crippen LogP contribution in [-0.2, 0) is 6.54 Å². The van der Waals surface area contributed by atoms with Gasteiger partial charge in [-0.15, -0.1) is 5.10 Å². The first-order chi connectivity index (χ1) is 10.6. The molecule has 0 atom stereocenters. The fourth-order valence-corrected chi connectivity index (χ4v) is 2.12. The SMILES string of the molecule is O=C(O)c1cccc(Cn2nnnc2-c2ccccc2F)c1. The number of tetrazole rings is 1. The fourth-order valence-electron chi connectivity index (χ4n) is 2.12. The maximum atomic E-state index is 13.9. The van der Waals surface area contributed by atoms with Gasteiger partial charge in [-0.3, -0.25) is 0 Å². The number of carboxylic acid groups (broad SMARTS) is 1. The first-order valence-electron chi connectivity index (χ1n) is 6.48. The van der Waals surface area contributed by atoms with E-state index in [0.717, 1.165) is 0 Å². The van der Waals surface area contributed by atoms with Crippen LogP contribution in [0.25, 0.3) is 11.4 Å². The normalized spacial score (nSPS) is 10.6. The molecule has 0 unspecified atom stereocenters. The molecule has 0 aliphatic rings. The Morgan fingerprint density at radius 2 is 2.00 bits per heavy atom. The van der Waals surface area contributed by atoms with Crippen molar-refractivity contribution in [1.29, 1.82) is 0 Å². The maximum Gasteiger partial charge on any atom is 0.335 e. The van der Waals surface area contributed by atoms with Gasteiger partial charge in [0.25, 0.3) is 0 Å². The molecule has 0 saturated heterocycles. The van der Waals surface area contributed by atoms with E-state index in [9.17, 15) is 9.18 Å². The maximum absolute atomic E-state index is 13.9. The molecule has 7 heteroatoms. The molecule has 110 valence electrons. The number of rotatable bonds is 4. The molecule has 0 bridgehead atoms. The highest BCUT2D eigenvalue weighted by molar-refractivity contribution is 5.87. The molecule has 3 aromatic rings. The van der Waals surface area contributed by atoms with Crippen LogP contribution < -0.4 is 0 Å². The zero-order chi connectivity index (χ0) is 15.5. The second kappa shape index (κ2) is 5.72. The minimum absolute atomic E-state index is 0.179. The average Bonchev–Trinajstić information content (AvgIpc) is 2.96. The minimum atomic E-state index is -1.01. The zero-order valence-corrected chi connectivity index (χ0v) is 11.3. The van der Waals surface area contributed by atoms with Crippen molar-refractivity contribution in [3.8, 4) is 11.4 Å². The van der Waals surface area contributed by atoms with Gasteiger partial charge in [-0.05, 0) is 40.3 Å². The smallest absolute Gasteiger partial charge is 0.335 e. The number of halogens is 1. The van der Waals surface area contributed by atoms with Crippen LogP contribution in [-0.4, -0.2) is 31.3 Å². The molecule has 1 N–H and O–H groups in total. The first kappa shape index (κ1) is 13.9. The van der Waals surface area contributed by atoms with Gasteiger partial charge in [0.2, 0.25) is 0 Å². The van der Waals surface area contributed by atoms with Crippen molar-refractivity contribution < 1.29 is 14.3 Å². The monoisotopic (exact) mass is 298 g/mol. The summed E-state index contributed by atoms with van der Waals surface area (Å²) in [4.78, 5) is 11.0. The van der Waals surface area contributed by atoms with Crippen LogP contribution in [0, 0.1) is 5.82 Å². The third-order valence-corrected chi connectivity index (χ3v) is 3.15. The Morgan fingerprint density at radius 3 is 2.77 bits per heavy atom. The molecule has 0 radical (unpaired) electrons. The van der Waals surface area contributed by atoms with Crippen LogP contribution in [0.2, 0.25) is 0 Å². The van der Waals surface area contributed by atoms with Crippen molar-refractivity contribution in [3.63, 3.8) is 0 Å². The molecule has 1 heterocycles. The van der Waals surface area contributed by atoms with Crippen LogP contribution >= 0.6 is 0 Å². The summed E-state index contributed by atoms with van der Waals surface area (Å²) >= 11 is 0. The number of nitrogens with zero attached hydrogens (tertiary/aromatic N) is 4. The number of benzene rings is 2. The standard InChI is InChI=1S/C15H11FN4O2/c16-13-7-2-1-6-12(13)14-17-18-19-20(14)9-10-4-3-5-11(8-10)15(21)22/h1-8H,9H2,(H,21,22). The van der Waals surface area contributed by atoms with Crippen molar-refractivity contribution in [3.05, 3.63) is 65.5 Å². The van der Waals surface area contributed by atoms with E-state index in [1.54, 1.807) is 30.3 Å². The summed E-state index contributed by atoms with van der Waals surface area (Å²) in [5.41, 5.74) is 1.18. The third-order valence-electron chi connectivity index (χ3n) is 3.15. The van der Waals surface area contributed by atoms with Gasteiger partial charge < -0.3 is 5.11 Å². The molecule has 2 aromatic carbocycles. The summed E-state index contributed by atoms with van der Waals surface area (Å²) in [6.45, 7) is 0.248. The number of hydrogen-bond donors (Lipinski definition) is 1. The third kappa shape index (κ3) is 2.69. The van der Waals surface area contributed by atoms with Gasteiger partial charge in [-0.25, -0.2) is 13.9 Å². The topological polar surface area (TPSA) is 80.9 Å². The molecule has 0 aliphatic carbocycles. The van der Waals surface area contributed by atoms with E-state index in [2.05, 4.69) is 15.5 Å². The number of carbonyl (C=O) groups is 1. The van der Waals surface area contributed by atoms with Crippen LogP contribution in [0.1, 0.15) is 15.9 Å². The predicted octanol–water partition coefficient (Wildman–Crippen LogP) is 2.23. The molecule has 0 aliphatic heterocycles. The van der Waals surface area contributed by atoms with Gasteiger partial charge in [-0.1, -0.05) is 24.3 Å². The average molecular weight is 298 g/mol. The molecular formula is C15H11FN4O2. The Morgan fingerprint density at radius 1 is 1.18 bits per heavy atom. The van der Waals surface area contributed by atoms with Crippen LogP contribution in [0.5, 0.6) is 0 Å². The van der Waals surface area contributed by atoms with Gasteiger partial charge in [0, 0.05) is 0 Å². The summed E-state index contributed by atoms with van der Waals surface area (Å²) in [7, 11) is 0. The lowest BCUT2D eigenvalue weighted by Crippen LogP contribution is -2.06. The molecule has 0 amide bonds. The van der Waals surface area contributed by atoms with E-state index in [4.69, 9.17) is 5.11 Å². The molecule has 0 saturated carbocycles. The number of aromatic carboxylic acids is 1. The van der Waals surface area contributed by atoms with E-state index in [1.165, 1.54) is 22.9 Å². The predicted molar refractivity (Wildman–Crippen MR) is 75.7 cm³/mol. The quantitative estimate of drug-likeness (QED) is 0.798. The van der Waals surface area contributed by atoms with Crippen LogP contribution in [0.4, 0.5) is 4.39 Å². The van der Waals surface area contributed by atoms with Crippen molar-refractivity contribution >= 4 is 5.97 Å². The molecule has 6 nitrogen and oxygen atoms in total. The van der Waals surface area contributed by atoms with Crippen molar-refractivity contribution in [2.75, 3.05) is 0 Å². The Kier molecular flexibility index (Phi) is 3.61. The Hall–Kier alpha value is -3.09. The van der Waals surface area contributed by atoms with E-state index < -0.39 is 11.8 Å². The Balaban J connectivity index is 1.95. The lowest BCUT2D eigenvalue weighted by molar-refractivity contribution is 0.0696. The second-order valence-electron chi connectivity index (χ2n) is 4.65. The van der Waals surface area contributed by atoms with Crippen LogP contribution in [0.15, 0.2) is 48.5 Å². The minimum Gasteiger partial charge on any atom is -0.478 e. The Labute approximate surface area is 124 Å². The summed E-state index contributed by atoms with van der Waals surface area (Å²) in [6.07, 6.45) is 0. The molecular weight excluding hydrogens is 287 g/mol. The number of aromatic nitrogens is 4. The molecule has 1 aromatic heterocycles. The summed E-state index contributed by atoms with van der Waals surface area (Å²) in [5.74, 6) is -1.13. The second-order valence-corrected chi connectivity index (χ2v) is 4.65. The van der Waals surface area contributed by atoms with Gasteiger partial charge in [0.1, 0.15) is 5.82 Å². The van der Waals surface area contributed by atoms with Crippen molar-refractivity contribution in [2.45, 2.75) is 6.54 Å². The van der Waals surface area contributed by atoms with Gasteiger partial charge in [0.05, 0.1) is 17.7 Å². The highest BCUT2D eigenvalue weighted by Crippen LogP contribution is 2.20. The molecule has 3 rings (SSSR count). The van der Waals surface area contributed by atoms with Gasteiger partial charge in [0.15, 0.2) is 5.82 Å². The fraction of sp³-hybridized carbons (Fsp3) is 0.0667. The van der Waals surface area contributed by atoms with Crippen LogP contribution in [0.3, 0.4) is 0 Å². The Bertz CT molecular complexity index is 832. The highest BCUT2D eigenvalue weighted by atomic mass is 19.1. The van der Waals surface area contributed by atoms with E-state index in [-0.39, 0.29) is 12.1 Å². The molecule has 22 heavy (non-hydrogen) atoms. The summed E-state index contributed by atoms with van der Waals surface area (Å²) in [6, 6.07) is 12.7.